The SMILES string of the molecule is C1=NCC(C2=CSCSN2)=C1. The van der Waals surface area contributed by atoms with Gasteiger partial charge in [0.05, 0.1) is 17.3 Å². The predicted molar refractivity (Wildman–Crippen MR) is 52.7 cm³/mol. The molecule has 58 valence electrons. The molecule has 2 aliphatic heterocycles. The third-order valence-electron chi connectivity index (χ3n) is 1.50. The van der Waals surface area contributed by atoms with E-state index in [0.717, 1.165) is 11.6 Å². The normalized spacial score (nSPS) is 22.5. The number of hydrogen-bond acceptors (Lipinski definition) is 4. The van der Waals surface area contributed by atoms with E-state index >= 15 is 0 Å². The van der Waals surface area contributed by atoms with Gasteiger partial charge in [-0.2, -0.15) is 0 Å². The van der Waals surface area contributed by atoms with Crippen LogP contribution in [0, 0.1) is 0 Å². The molecule has 0 saturated heterocycles. The van der Waals surface area contributed by atoms with Crippen molar-refractivity contribution in [3.05, 3.63) is 22.8 Å². The minimum absolute atomic E-state index is 0.833. The van der Waals surface area contributed by atoms with Crippen LogP contribution in [0.2, 0.25) is 0 Å². The molecule has 0 atom stereocenters. The minimum atomic E-state index is 0.833. The molecule has 0 radical (unpaired) electrons. The number of aliphatic imine (C=N–C) groups is 1. The monoisotopic (exact) mass is 184 g/mol. The fraction of sp³-hybridized carbons (Fsp3) is 0.286. The van der Waals surface area contributed by atoms with Crippen LogP contribution >= 0.6 is 23.7 Å². The Morgan fingerprint density at radius 3 is 3.18 bits per heavy atom. The molecule has 0 fully saturated rings. The second-order valence-electron chi connectivity index (χ2n) is 2.24. The summed E-state index contributed by atoms with van der Waals surface area (Å²) in [6, 6.07) is 0. The fourth-order valence-electron chi connectivity index (χ4n) is 0.945. The molecule has 0 spiro atoms. The van der Waals surface area contributed by atoms with Gasteiger partial charge in [-0.1, -0.05) is 0 Å². The highest BCUT2D eigenvalue weighted by Gasteiger charge is 2.09. The van der Waals surface area contributed by atoms with Crippen molar-refractivity contribution in [2.24, 2.45) is 4.99 Å². The largest absolute Gasteiger partial charge is 0.328 e. The van der Waals surface area contributed by atoms with Crippen LogP contribution in [0.15, 0.2) is 27.7 Å². The van der Waals surface area contributed by atoms with Gasteiger partial charge in [-0.3, -0.25) is 4.99 Å². The van der Waals surface area contributed by atoms with Crippen LogP contribution in [-0.2, 0) is 0 Å². The molecule has 0 saturated carbocycles. The molecular formula is C7H8N2S2. The van der Waals surface area contributed by atoms with Crippen LogP contribution in [0.25, 0.3) is 0 Å². The molecule has 2 aliphatic rings. The maximum atomic E-state index is 4.12. The second-order valence-corrected chi connectivity index (χ2v) is 4.25. The Labute approximate surface area is 74.4 Å². The Morgan fingerprint density at radius 1 is 1.55 bits per heavy atom. The average Bonchev–Trinajstić information content (AvgIpc) is 2.58. The highest BCUT2D eigenvalue weighted by atomic mass is 32.2. The van der Waals surface area contributed by atoms with Crippen molar-refractivity contribution in [2.75, 3.05) is 11.6 Å². The van der Waals surface area contributed by atoms with Gasteiger partial charge in [-0.25, -0.2) is 0 Å². The highest BCUT2D eigenvalue weighted by molar-refractivity contribution is 8.17. The molecule has 11 heavy (non-hydrogen) atoms. The van der Waals surface area contributed by atoms with Gasteiger partial charge >= 0.3 is 0 Å². The van der Waals surface area contributed by atoms with Gasteiger partial charge in [0.1, 0.15) is 0 Å². The summed E-state index contributed by atoms with van der Waals surface area (Å²) in [6.45, 7) is 0.833. The first-order chi connectivity index (χ1) is 5.47. The zero-order chi connectivity index (χ0) is 7.52. The lowest BCUT2D eigenvalue weighted by Crippen LogP contribution is -2.09. The van der Waals surface area contributed by atoms with E-state index in [4.69, 9.17) is 0 Å². The molecule has 0 aromatic rings. The molecule has 0 aromatic carbocycles. The number of thioether (sulfide) groups is 1. The van der Waals surface area contributed by atoms with E-state index in [9.17, 15) is 0 Å². The fourth-order valence-corrected chi connectivity index (χ4v) is 2.52. The number of allylic oxidation sites excluding steroid dienone is 1. The van der Waals surface area contributed by atoms with Gasteiger partial charge in [-0.05, 0) is 29.0 Å². The summed E-state index contributed by atoms with van der Waals surface area (Å²) in [7, 11) is 0. The molecular weight excluding hydrogens is 176 g/mol. The third-order valence-corrected chi connectivity index (χ3v) is 3.28. The average molecular weight is 184 g/mol. The second kappa shape index (κ2) is 3.36. The van der Waals surface area contributed by atoms with Gasteiger partial charge in [0.15, 0.2) is 0 Å². The maximum Gasteiger partial charge on any atom is 0.0660 e. The zero-order valence-electron chi connectivity index (χ0n) is 5.91. The van der Waals surface area contributed by atoms with Crippen molar-refractivity contribution >= 4 is 29.9 Å². The Hall–Kier alpha value is -0.350. The van der Waals surface area contributed by atoms with Crippen LogP contribution in [0.3, 0.4) is 0 Å². The molecule has 2 rings (SSSR count). The number of hydrogen-bond donors (Lipinski definition) is 1. The van der Waals surface area contributed by atoms with Crippen LogP contribution in [-0.4, -0.2) is 17.8 Å². The molecule has 0 aromatic heterocycles. The van der Waals surface area contributed by atoms with E-state index < -0.39 is 0 Å². The molecule has 2 heterocycles. The highest BCUT2D eigenvalue weighted by Crippen LogP contribution is 2.24. The van der Waals surface area contributed by atoms with Crippen molar-refractivity contribution in [3.63, 3.8) is 0 Å². The Bertz CT molecular complexity index is 243. The van der Waals surface area contributed by atoms with Crippen LogP contribution in [0.4, 0.5) is 0 Å². The Morgan fingerprint density at radius 2 is 2.55 bits per heavy atom. The van der Waals surface area contributed by atoms with E-state index in [1.165, 1.54) is 11.3 Å². The van der Waals surface area contributed by atoms with E-state index in [2.05, 4.69) is 21.2 Å². The number of nitrogens with zero attached hydrogens (tertiary/aromatic N) is 1. The van der Waals surface area contributed by atoms with Gasteiger partial charge in [-0.15, -0.1) is 11.8 Å². The number of rotatable bonds is 1. The molecule has 2 nitrogen and oxygen atoms in total. The lowest BCUT2D eigenvalue weighted by molar-refractivity contribution is 1.12. The van der Waals surface area contributed by atoms with Crippen molar-refractivity contribution in [1.29, 1.82) is 0 Å². The lowest BCUT2D eigenvalue weighted by atomic mass is 10.2. The summed E-state index contributed by atoms with van der Waals surface area (Å²) < 4.78 is 3.27. The quantitative estimate of drug-likeness (QED) is 0.629. The summed E-state index contributed by atoms with van der Waals surface area (Å²) in [5.41, 5.74) is 2.52. The van der Waals surface area contributed by atoms with Crippen LogP contribution in [0.5, 0.6) is 0 Å². The summed E-state index contributed by atoms with van der Waals surface area (Å²) in [4.78, 5) is 4.12. The molecule has 0 aliphatic carbocycles. The summed E-state index contributed by atoms with van der Waals surface area (Å²) in [5.74, 6) is 0. The smallest absolute Gasteiger partial charge is 0.0660 e. The maximum absolute atomic E-state index is 4.12. The minimum Gasteiger partial charge on any atom is -0.328 e. The standard InChI is InChI=1S/C7H8N2S2/c1-2-8-3-6(1)7-4-10-5-11-9-7/h1-2,4,9H,3,5H2. The van der Waals surface area contributed by atoms with Crippen molar-refractivity contribution in [3.8, 4) is 0 Å². The van der Waals surface area contributed by atoms with Crippen molar-refractivity contribution in [1.82, 2.24) is 4.72 Å². The lowest BCUT2D eigenvalue weighted by Gasteiger charge is -2.14. The first kappa shape index (κ1) is 7.31. The summed E-state index contributed by atoms with van der Waals surface area (Å²) in [5, 5.41) is 3.26. The molecule has 0 bridgehead atoms. The van der Waals surface area contributed by atoms with E-state index in [1.54, 1.807) is 11.9 Å². The van der Waals surface area contributed by atoms with E-state index in [0.29, 0.717) is 0 Å². The van der Waals surface area contributed by atoms with Crippen molar-refractivity contribution < 1.29 is 0 Å². The van der Waals surface area contributed by atoms with Crippen LogP contribution < -0.4 is 4.72 Å². The topological polar surface area (TPSA) is 24.4 Å². The summed E-state index contributed by atoms with van der Waals surface area (Å²) in [6.07, 6.45) is 3.92. The Kier molecular flexibility index (Phi) is 2.23. The van der Waals surface area contributed by atoms with Gasteiger partial charge in [0.2, 0.25) is 0 Å². The van der Waals surface area contributed by atoms with Gasteiger partial charge in [0.25, 0.3) is 0 Å². The van der Waals surface area contributed by atoms with E-state index in [-0.39, 0.29) is 0 Å². The molecule has 4 heteroatoms. The summed E-state index contributed by atoms with van der Waals surface area (Å²) >= 11 is 3.57. The van der Waals surface area contributed by atoms with Crippen LogP contribution in [0.1, 0.15) is 0 Å². The molecule has 0 amide bonds. The van der Waals surface area contributed by atoms with Crippen molar-refractivity contribution in [2.45, 2.75) is 0 Å². The van der Waals surface area contributed by atoms with Gasteiger partial charge < -0.3 is 4.72 Å². The van der Waals surface area contributed by atoms with Gasteiger partial charge in [0, 0.05) is 6.21 Å². The Balaban J connectivity index is 2.09. The molecule has 1 N–H and O–H groups in total. The predicted octanol–water partition coefficient (Wildman–Crippen LogP) is 1.78. The first-order valence-corrected chi connectivity index (χ1v) is 5.39. The molecule has 0 unspecified atom stereocenters. The van der Waals surface area contributed by atoms with E-state index in [1.807, 2.05) is 18.0 Å². The zero-order valence-corrected chi connectivity index (χ0v) is 7.54. The third kappa shape index (κ3) is 1.62. The number of nitrogens with one attached hydrogen (secondary N) is 1. The first-order valence-electron chi connectivity index (χ1n) is 3.36.